The van der Waals surface area contributed by atoms with E-state index in [0.717, 1.165) is 37.9 Å². The van der Waals surface area contributed by atoms with Crippen molar-refractivity contribution in [2.45, 2.75) is 53.0 Å². The van der Waals surface area contributed by atoms with E-state index in [0.29, 0.717) is 12.4 Å². The van der Waals surface area contributed by atoms with Crippen LogP contribution in [0.3, 0.4) is 0 Å². The van der Waals surface area contributed by atoms with Crippen LogP contribution in [0.15, 0.2) is 16.9 Å². The minimum absolute atomic E-state index is 0.00885. The number of aryl methyl sites for hydroxylation is 1. The first-order chi connectivity index (χ1) is 8.20. The lowest BCUT2D eigenvalue weighted by atomic mass is 10.3. The quantitative estimate of drug-likeness (QED) is 0.682. The van der Waals surface area contributed by atoms with E-state index in [2.05, 4.69) is 13.8 Å². The second kappa shape index (κ2) is 7.15. The number of nitrogens with zero attached hydrogens (tertiary/aromatic N) is 1. The topological polar surface area (TPSA) is 31.2 Å². The van der Waals surface area contributed by atoms with Crippen LogP contribution < -0.4 is 10.3 Å². The highest BCUT2D eigenvalue weighted by Gasteiger charge is 2.06. The van der Waals surface area contributed by atoms with Gasteiger partial charge in [0.1, 0.15) is 0 Å². The van der Waals surface area contributed by atoms with E-state index < -0.39 is 0 Å². The lowest BCUT2D eigenvalue weighted by Crippen LogP contribution is -2.24. The molecule has 0 aliphatic carbocycles. The third-order valence-electron chi connectivity index (χ3n) is 2.85. The van der Waals surface area contributed by atoms with Gasteiger partial charge in [-0.05, 0) is 31.9 Å². The number of rotatable bonds is 7. The van der Waals surface area contributed by atoms with E-state index in [-0.39, 0.29) is 5.56 Å². The standard InChI is InChI=1S/C14H23NO2/c1-4-6-10-15-12(3)8-9-13(14(15)16)17-11-7-5-2/h8-9H,4-7,10-11H2,1-3H3. The number of pyridine rings is 1. The van der Waals surface area contributed by atoms with Crippen molar-refractivity contribution in [2.24, 2.45) is 0 Å². The van der Waals surface area contributed by atoms with Crippen LogP contribution in [-0.2, 0) is 6.54 Å². The number of hydrogen-bond donors (Lipinski definition) is 0. The van der Waals surface area contributed by atoms with E-state index >= 15 is 0 Å². The van der Waals surface area contributed by atoms with Gasteiger partial charge in [0.15, 0.2) is 5.75 Å². The largest absolute Gasteiger partial charge is 0.488 e. The Hall–Kier alpha value is -1.25. The predicted molar refractivity (Wildman–Crippen MR) is 70.8 cm³/mol. The fraction of sp³-hybridized carbons (Fsp3) is 0.643. The summed E-state index contributed by atoms with van der Waals surface area (Å²) in [5.74, 6) is 0.486. The molecule has 0 amide bonds. The molecule has 0 saturated heterocycles. The summed E-state index contributed by atoms with van der Waals surface area (Å²) in [6, 6.07) is 3.74. The van der Waals surface area contributed by atoms with Crippen LogP contribution in [0.2, 0.25) is 0 Å². The monoisotopic (exact) mass is 237 g/mol. The minimum Gasteiger partial charge on any atom is -0.488 e. The molecular weight excluding hydrogens is 214 g/mol. The molecule has 0 bridgehead atoms. The maximum absolute atomic E-state index is 12.1. The molecule has 1 aromatic heterocycles. The Kier molecular flexibility index (Phi) is 5.81. The number of ether oxygens (including phenoxy) is 1. The van der Waals surface area contributed by atoms with Crippen LogP contribution in [0, 0.1) is 6.92 Å². The van der Waals surface area contributed by atoms with Crippen molar-refractivity contribution < 1.29 is 4.74 Å². The van der Waals surface area contributed by atoms with Crippen LogP contribution in [0.25, 0.3) is 0 Å². The van der Waals surface area contributed by atoms with Crippen LogP contribution in [0.5, 0.6) is 5.75 Å². The van der Waals surface area contributed by atoms with Crippen molar-refractivity contribution in [3.8, 4) is 5.75 Å². The second-order valence-electron chi connectivity index (χ2n) is 4.35. The highest BCUT2D eigenvalue weighted by Crippen LogP contribution is 2.07. The Morgan fingerprint density at radius 1 is 1.18 bits per heavy atom. The lowest BCUT2D eigenvalue weighted by molar-refractivity contribution is 0.302. The van der Waals surface area contributed by atoms with E-state index in [1.54, 1.807) is 6.07 Å². The van der Waals surface area contributed by atoms with Gasteiger partial charge in [-0.15, -0.1) is 0 Å². The number of aromatic nitrogens is 1. The number of hydrogen-bond acceptors (Lipinski definition) is 2. The molecule has 0 N–H and O–H groups in total. The Morgan fingerprint density at radius 2 is 1.88 bits per heavy atom. The highest BCUT2D eigenvalue weighted by atomic mass is 16.5. The summed E-state index contributed by atoms with van der Waals surface area (Å²) in [6.07, 6.45) is 4.18. The van der Waals surface area contributed by atoms with Crippen molar-refractivity contribution in [1.82, 2.24) is 4.57 Å². The summed E-state index contributed by atoms with van der Waals surface area (Å²) in [6.45, 7) is 7.61. The molecule has 0 aliphatic rings. The van der Waals surface area contributed by atoms with Gasteiger partial charge in [0.25, 0.3) is 5.56 Å². The molecule has 3 nitrogen and oxygen atoms in total. The molecule has 0 unspecified atom stereocenters. The summed E-state index contributed by atoms with van der Waals surface area (Å²) in [5, 5.41) is 0. The second-order valence-corrected chi connectivity index (χ2v) is 4.35. The average Bonchev–Trinajstić information content (AvgIpc) is 2.32. The summed E-state index contributed by atoms with van der Waals surface area (Å²) in [7, 11) is 0. The van der Waals surface area contributed by atoms with Gasteiger partial charge in [-0.1, -0.05) is 26.7 Å². The van der Waals surface area contributed by atoms with Gasteiger partial charge in [-0.3, -0.25) is 4.79 Å². The first-order valence-corrected chi connectivity index (χ1v) is 6.54. The molecule has 0 fully saturated rings. The molecule has 0 spiro atoms. The normalized spacial score (nSPS) is 10.5. The molecular formula is C14H23NO2. The molecule has 1 aromatic rings. The van der Waals surface area contributed by atoms with Gasteiger partial charge < -0.3 is 9.30 Å². The fourth-order valence-corrected chi connectivity index (χ4v) is 1.68. The van der Waals surface area contributed by atoms with Gasteiger partial charge in [-0.2, -0.15) is 0 Å². The summed E-state index contributed by atoms with van der Waals surface area (Å²) in [5.41, 5.74) is 1.01. The first-order valence-electron chi connectivity index (χ1n) is 6.54. The summed E-state index contributed by atoms with van der Waals surface area (Å²) < 4.78 is 7.33. The van der Waals surface area contributed by atoms with E-state index in [9.17, 15) is 4.79 Å². The van der Waals surface area contributed by atoms with Gasteiger partial charge in [-0.25, -0.2) is 0 Å². The molecule has 0 radical (unpaired) electrons. The zero-order chi connectivity index (χ0) is 12.7. The fourth-order valence-electron chi connectivity index (χ4n) is 1.68. The lowest BCUT2D eigenvalue weighted by Gasteiger charge is -2.12. The Morgan fingerprint density at radius 3 is 2.53 bits per heavy atom. The van der Waals surface area contributed by atoms with Crippen LogP contribution >= 0.6 is 0 Å². The average molecular weight is 237 g/mol. The predicted octanol–water partition coefficient (Wildman–Crippen LogP) is 3.14. The SMILES string of the molecule is CCCCOc1ccc(C)n(CCCC)c1=O. The third-order valence-corrected chi connectivity index (χ3v) is 2.85. The highest BCUT2D eigenvalue weighted by molar-refractivity contribution is 5.21. The van der Waals surface area contributed by atoms with E-state index in [1.807, 2.05) is 17.6 Å². The van der Waals surface area contributed by atoms with Crippen LogP contribution in [0.1, 0.15) is 45.2 Å². The van der Waals surface area contributed by atoms with Crippen molar-refractivity contribution in [1.29, 1.82) is 0 Å². The maximum atomic E-state index is 12.1. The molecule has 0 saturated carbocycles. The Bertz CT molecular complexity index is 396. The maximum Gasteiger partial charge on any atom is 0.293 e. The minimum atomic E-state index is 0.00885. The number of unbranched alkanes of at least 4 members (excludes halogenated alkanes) is 2. The van der Waals surface area contributed by atoms with Gasteiger partial charge in [0.2, 0.25) is 0 Å². The molecule has 96 valence electrons. The Labute approximate surface area is 103 Å². The van der Waals surface area contributed by atoms with Crippen LogP contribution in [-0.4, -0.2) is 11.2 Å². The Balaban J connectivity index is 2.82. The van der Waals surface area contributed by atoms with Gasteiger partial charge in [0, 0.05) is 12.2 Å². The molecule has 0 aliphatic heterocycles. The van der Waals surface area contributed by atoms with Gasteiger partial charge >= 0.3 is 0 Å². The smallest absolute Gasteiger partial charge is 0.293 e. The zero-order valence-electron chi connectivity index (χ0n) is 11.2. The molecule has 0 aromatic carbocycles. The molecule has 1 heterocycles. The molecule has 1 rings (SSSR count). The molecule has 0 atom stereocenters. The van der Waals surface area contributed by atoms with Crippen molar-refractivity contribution in [2.75, 3.05) is 6.61 Å². The van der Waals surface area contributed by atoms with Crippen LogP contribution in [0.4, 0.5) is 0 Å². The molecule has 3 heteroatoms. The first kappa shape index (κ1) is 13.8. The van der Waals surface area contributed by atoms with Crippen molar-refractivity contribution in [3.63, 3.8) is 0 Å². The van der Waals surface area contributed by atoms with E-state index in [4.69, 9.17) is 4.74 Å². The summed E-state index contributed by atoms with van der Waals surface area (Å²) in [4.78, 5) is 12.1. The van der Waals surface area contributed by atoms with Gasteiger partial charge in [0.05, 0.1) is 6.61 Å². The zero-order valence-corrected chi connectivity index (χ0v) is 11.2. The van der Waals surface area contributed by atoms with E-state index in [1.165, 1.54) is 0 Å². The summed E-state index contributed by atoms with van der Waals surface area (Å²) >= 11 is 0. The van der Waals surface area contributed by atoms with Crippen molar-refractivity contribution in [3.05, 3.63) is 28.2 Å². The molecule has 17 heavy (non-hydrogen) atoms. The van der Waals surface area contributed by atoms with Crippen molar-refractivity contribution >= 4 is 0 Å². The third kappa shape index (κ3) is 3.91.